The van der Waals surface area contributed by atoms with Gasteiger partial charge in [-0.15, -0.1) is 0 Å². The molecule has 3 aromatic carbocycles. The van der Waals surface area contributed by atoms with E-state index in [0.29, 0.717) is 0 Å². The van der Waals surface area contributed by atoms with E-state index in [4.69, 9.17) is 39.8 Å². The van der Waals surface area contributed by atoms with Crippen molar-refractivity contribution in [2.45, 2.75) is 5.04 Å². The molecule has 0 atom stereocenters. The summed E-state index contributed by atoms with van der Waals surface area (Å²) in [6.45, 7) is 0. The summed E-state index contributed by atoms with van der Waals surface area (Å²) in [4.78, 5) is 0. The van der Waals surface area contributed by atoms with Gasteiger partial charge >= 0.3 is 26.4 Å². The summed E-state index contributed by atoms with van der Waals surface area (Å²) in [6.07, 6.45) is 0. The van der Waals surface area contributed by atoms with Crippen molar-refractivity contribution >= 4 is 52.2 Å². The van der Waals surface area contributed by atoms with Crippen molar-refractivity contribution in [1.29, 1.82) is 0 Å². The third-order valence-electron chi connectivity index (χ3n) is 7.43. The van der Waals surface area contributed by atoms with Crippen molar-refractivity contribution in [3.8, 4) is 0 Å². The van der Waals surface area contributed by atoms with Gasteiger partial charge in [-0.25, -0.2) is 0 Å². The summed E-state index contributed by atoms with van der Waals surface area (Å²) in [5.41, 5.74) is 2.94. The molecule has 9 nitrogen and oxygen atoms in total. The molecule has 0 aliphatic heterocycles. The molecule has 0 aromatic heterocycles. The van der Waals surface area contributed by atoms with Crippen molar-refractivity contribution in [3.05, 3.63) is 89.5 Å². The number of hydrogen-bond acceptors (Lipinski definition) is 9. The van der Waals surface area contributed by atoms with E-state index in [1.54, 1.807) is 64.0 Å². The van der Waals surface area contributed by atoms with Crippen LogP contribution < -0.4 is 15.6 Å². The molecule has 0 saturated carbocycles. The second kappa shape index (κ2) is 14.1. The first-order valence-electron chi connectivity index (χ1n) is 12.7. The third kappa shape index (κ3) is 6.01. The van der Waals surface area contributed by atoms with Crippen molar-refractivity contribution < 1.29 is 39.8 Å². The molecule has 221 valence electrons. The predicted molar refractivity (Wildman–Crippen MR) is 164 cm³/mol. The minimum Gasteiger partial charge on any atom is -0.373 e. The summed E-state index contributed by atoms with van der Waals surface area (Å²) in [5, 5.41) is 1.80. The van der Waals surface area contributed by atoms with Gasteiger partial charge in [-0.05, 0) is 16.7 Å². The molecule has 3 radical (unpaired) electrons. The van der Waals surface area contributed by atoms with Crippen LogP contribution in [0.4, 0.5) is 0 Å². The monoisotopic (exact) mass is 631 g/mol. The van der Waals surface area contributed by atoms with Crippen LogP contribution in [0, 0.1) is 0 Å². The van der Waals surface area contributed by atoms with Gasteiger partial charge in [-0.3, -0.25) is 0 Å². The summed E-state index contributed by atoms with van der Waals surface area (Å²) in [6, 6.07) is 24.1. The first-order valence-corrected chi connectivity index (χ1v) is 18.4. The second-order valence-corrected chi connectivity index (χ2v) is 18.5. The van der Waals surface area contributed by atoms with Crippen molar-refractivity contribution in [2.75, 3.05) is 64.0 Å². The topological polar surface area (TPSA) is 83.1 Å². The lowest BCUT2D eigenvalue weighted by molar-refractivity contribution is 0.140. The molecule has 0 bridgehead atoms. The van der Waals surface area contributed by atoms with Gasteiger partial charge < -0.3 is 39.8 Å². The Hall–Kier alpha value is -1.83. The fraction of sp³-hybridized carbons (Fsp3) is 0.357. The molecule has 0 spiro atoms. The molecular formula is C28H39O9Si4. The zero-order valence-corrected chi connectivity index (χ0v) is 29.1. The van der Waals surface area contributed by atoms with Crippen molar-refractivity contribution in [3.63, 3.8) is 0 Å². The molecule has 0 aliphatic rings. The molecule has 0 heterocycles. The first-order chi connectivity index (χ1) is 19.7. The molecule has 0 fully saturated rings. The van der Waals surface area contributed by atoms with Crippen LogP contribution in [-0.4, -0.2) is 101 Å². The zero-order chi connectivity index (χ0) is 30.3. The van der Waals surface area contributed by atoms with Crippen LogP contribution in [-0.2, 0) is 44.9 Å². The highest BCUT2D eigenvalue weighted by molar-refractivity contribution is 6.76. The average molecular weight is 632 g/mol. The van der Waals surface area contributed by atoms with E-state index in [-0.39, 0.29) is 0 Å². The van der Waals surface area contributed by atoms with E-state index < -0.39 is 31.5 Å². The molecule has 0 amide bonds. The maximum Gasteiger partial charge on any atom is 0.536 e. The van der Waals surface area contributed by atoms with Gasteiger partial charge in [-0.2, -0.15) is 0 Å². The Kier molecular flexibility index (Phi) is 11.6. The van der Waals surface area contributed by atoms with Gasteiger partial charge in [-0.1, -0.05) is 72.8 Å². The molecule has 0 N–H and O–H groups in total. The van der Waals surface area contributed by atoms with Crippen LogP contribution in [0.1, 0.15) is 16.7 Å². The van der Waals surface area contributed by atoms with E-state index in [1.807, 2.05) is 72.8 Å². The van der Waals surface area contributed by atoms with Crippen LogP contribution in [0.15, 0.2) is 72.8 Å². The third-order valence-corrected chi connectivity index (χ3v) is 16.3. The molecule has 0 aliphatic carbocycles. The van der Waals surface area contributed by atoms with E-state index in [0.717, 1.165) is 32.3 Å². The molecule has 3 rings (SSSR count). The Bertz CT molecular complexity index is 1050. The van der Waals surface area contributed by atoms with E-state index in [9.17, 15) is 0 Å². The van der Waals surface area contributed by atoms with Gasteiger partial charge in [0.2, 0.25) is 0 Å². The Labute approximate surface area is 250 Å². The molecule has 0 unspecified atom stereocenters. The largest absolute Gasteiger partial charge is 0.536 e. The zero-order valence-electron chi connectivity index (χ0n) is 25.1. The van der Waals surface area contributed by atoms with E-state index in [1.165, 1.54) is 0 Å². The quantitative estimate of drug-likeness (QED) is 0.183. The fourth-order valence-electron chi connectivity index (χ4n) is 5.08. The highest BCUT2D eigenvalue weighted by Gasteiger charge is 2.44. The van der Waals surface area contributed by atoms with Gasteiger partial charge in [0.05, 0.1) is 10.2 Å². The highest BCUT2D eigenvalue weighted by Crippen LogP contribution is 2.36. The minimum absolute atomic E-state index is 0.748. The van der Waals surface area contributed by atoms with Crippen LogP contribution >= 0.6 is 0 Å². The van der Waals surface area contributed by atoms with Crippen molar-refractivity contribution in [2.24, 2.45) is 0 Å². The molecule has 0 saturated heterocycles. The normalized spacial score (nSPS) is 13.0. The van der Waals surface area contributed by atoms with E-state index in [2.05, 4.69) is 10.2 Å². The number of rotatable bonds is 15. The van der Waals surface area contributed by atoms with Crippen LogP contribution in [0.3, 0.4) is 0 Å². The summed E-state index contributed by atoms with van der Waals surface area (Å²) in [5.74, 6) is 0. The summed E-state index contributed by atoms with van der Waals surface area (Å²) >= 11 is 0. The SMILES string of the molecule is CO[Si](OC)(OC)c1ccc(C([Si])(c2ccc([Si](OC)(OC)OC)cc2)c2ccc([Si](OC)(OC)OC)cc2)cc1. The maximum atomic E-state index is 5.69. The van der Waals surface area contributed by atoms with Crippen molar-refractivity contribution in [1.82, 2.24) is 0 Å². The summed E-state index contributed by atoms with van der Waals surface area (Å²) < 4.78 is 51.2. The Morgan fingerprint density at radius 2 is 0.537 bits per heavy atom. The van der Waals surface area contributed by atoms with Gasteiger partial charge in [0, 0.05) is 84.6 Å². The van der Waals surface area contributed by atoms with E-state index >= 15 is 0 Å². The van der Waals surface area contributed by atoms with Crippen LogP contribution in [0.25, 0.3) is 0 Å². The average Bonchev–Trinajstić information content (AvgIpc) is 3.05. The number of benzene rings is 3. The van der Waals surface area contributed by atoms with Crippen LogP contribution in [0.2, 0.25) is 0 Å². The lowest BCUT2D eigenvalue weighted by Gasteiger charge is -2.34. The maximum absolute atomic E-state index is 5.69. The highest BCUT2D eigenvalue weighted by atomic mass is 28.4. The van der Waals surface area contributed by atoms with Gasteiger partial charge in [0.25, 0.3) is 0 Å². The summed E-state index contributed by atoms with van der Waals surface area (Å²) in [7, 11) is 9.55. The predicted octanol–water partition coefficient (Wildman–Crippen LogP) is 1.40. The fourth-order valence-corrected chi connectivity index (χ4v) is 10.9. The molecule has 3 aromatic rings. The number of hydrogen-bond donors (Lipinski definition) is 0. The molecule has 13 heteroatoms. The Balaban J connectivity index is 2.20. The standard InChI is InChI=1S/C28H39O9Si4/c1-29-39(30-2,31-3)25-16-10-22(11-17-25)28(38,23-12-18-26(19-13-23)40(32-4,33-5)34-6)24-14-20-27(21-15-24)41(35-7,36-8)37-9/h10-21H,1-9H3. The Morgan fingerprint density at radius 3 is 0.683 bits per heavy atom. The van der Waals surface area contributed by atoms with Crippen LogP contribution in [0.5, 0.6) is 0 Å². The molecule has 41 heavy (non-hydrogen) atoms. The smallest absolute Gasteiger partial charge is 0.373 e. The van der Waals surface area contributed by atoms with Gasteiger partial charge in [0.1, 0.15) is 0 Å². The van der Waals surface area contributed by atoms with Gasteiger partial charge in [0.15, 0.2) is 0 Å². The molecular weight excluding hydrogens is 593 g/mol. The lowest BCUT2D eigenvalue weighted by Crippen LogP contribution is -2.55. The minimum atomic E-state index is -3.01. The first kappa shape index (κ1) is 33.7. The Morgan fingerprint density at radius 1 is 0.366 bits per heavy atom. The lowest BCUT2D eigenvalue weighted by atomic mass is 9.84. The second-order valence-electron chi connectivity index (χ2n) is 8.99.